The van der Waals surface area contributed by atoms with Crippen LogP contribution in [0.5, 0.6) is 0 Å². The minimum Gasteiger partial charge on any atom is -0.396 e. The molecule has 1 aliphatic rings. The molecule has 90 valence electrons. The summed E-state index contributed by atoms with van der Waals surface area (Å²) in [6, 6.07) is 0.667. The van der Waals surface area contributed by atoms with Crippen LogP contribution in [0, 0.1) is 0 Å². The molecule has 0 aromatic carbocycles. The Morgan fingerprint density at radius 2 is 2.20 bits per heavy atom. The summed E-state index contributed by atoms with van der Waals surface area (Å²) in [7, 11) is 1.82. The Balaban J connectivity index is 2.37. The standard InChI is InChI=1S/C12H25NO2/c1-3-13(8-5-9-14)11-6-4-7-12(10-11)15-2/h11-12,14H,3-10H2,1-2H3. The third-order valence-corrected chi connectivity index (χ3v) is 3.46. The number of hydrogen-bond acceptors (Lipinski definition) is 3. The maximum absolute atomic E-state index is 8.86. The molecule has 3 heteroatoms. The molecular weight excluding hydrogens is 190 g/mol. The normalized spacial score (nSPS) is 27.2. The van der Waals surface area contributed by atoms with Crippen molar-refractivity contribution in [1.82, 2.24) is 4.90 Å². The highest BCUT2D eigenvalue weighted by atomic mass is 16.5. The van der Waals surface area contributed by atoms with E-state index >= 15 is 0 Å². The molecule has 2 atom stereocenters. The minimum atomic E-state index is 0.303. The SMILES string of the molecule is CCN(CCCO)C1CCCC(OC)C1. The quantitative estimate of drug-likeness (QED) is 0.731. The molecule has 1 rings (SSSR count). The number of hydrogen-bond donors (Lipinski definition) is 1. The Morgan fingerprint density at radius 3 is 2.80 bits per heavy atom. The maximum atomic E-state index is 8.86. The second kappa shape index (κ2) is 7.20. The molecule has 0 spiro atoms. The van der Waals surface area contributed by atoms with Crippen molar-refractivity contribution >= 4 is 0 Å². The molecule has 1 N–H and O–H groups in total. The molecule has 0 bridgehead atoms. The van der Waals surface area contributed by atoms with Crippen LogP contribution < -0.4 is 0 Å². The summed E-state index contributed by atoms with van der Waals surface area (Å²) in [6.45, 7) is 4.61. The lowest BCUT2D eigenvalue weighted by Crippen LogP contribution is -2.41. The van der Waals surface area contributed by atoms with E-state index in [-0.39, 0.29) is 0 Å². The molecule has 2 unspecified atom stereocenters. The second-order valence-electron chi connectivity index (χ2n) is 4.38. The molecule has 0 aromatic heterocycles. The fourth-order valence-electron chi connectivity index (χ4n) is 2.54. The second-order valence-corrected chi connectivity index (χ2v) is 4.38. The van der Waals surface area contributed by atoms with Crippen molar-refractivity contribution in [3.05, 3.63) is 0 Å². The van der Waals surface area contributed by atoms with Gasteiger partial charge in [-0.05, 0) is 38.6 Å². The van der Waals surface area contributed by atoms with Gasteiger partial charge < -0.3 is 14.7 Å². The predicted octanol–water partition coefficient (Wildman–Crippen LogP) is 1.65. The predicted molar refractivity (Wildman–Crippen MR) is 62.0 cm³/mol. The van der Waals surface area contributed by atoms with Gasteiger partial charge in [0.2, 0.25) is 0 Å². The van der Waals surface area contributed by atoms with E-state index in [0.717, 1.165) is 25.9 Å². The first-order chi connectivity index (χ1) is 7.31. The molecule has 0 amide bonds. The first-order valence-corrected chi connectivity index (χ1v) is 6.19. The third-order valence-electron chi connectivity index (χ3n) is 3.46. The van der Waals surface area contributed by atoms with Crippen LogP contribution in [0.4, 0.5) is 0 Å². The number of methoxy groups -OCH3 is 1. The smallest absolute Gasteiger partial charge is 0.0586 e. The summed E-state index contributed by atoms with van der Waals surface area (Å²) < 4.78 is 5.44. The van der Waals surface area contributed by atoms with Gasteiger partial charge in [0.25, 0.3) is 0 Å². The van der Waals surface area contributed by atoms with Crippen molar-refractivity contribution in [2.75, 3.05) is 26.8 Å². The zero-order chi connectivity index (χ0) is 11.1. The summed E-state index contributed by atoms with van der Waals surface area (Å²) in [6.07, 6.45) is 6.28. The van der Waals surface area contributed by atoms with Gasteiger partial charge in [-0.15, -0.1) is 0 Å². The highest BCUT2D eigenvalue weighted by molar-refractivity contribution is 4.80. The van der Waals surface area contributed by atoms with Gasteiger partial charge in [-0.1, -0.05) is 6.92 Å². The lowest BCUT2D eigenvalue weighted by atomic mass is 9.91. The Labute approximate surface area is 93.4 Å². The van der Waals surface area contributed by atoms with E-state index in [9.17, 15) is 0 Å². The van der Waals surface area contributed by atoms with E-state index in [4.69, 9.17) is 9.84 Å². The molecule has 1 aliphatic carbocycles. The van der Waals surface area contributed by atoms with Crippen molar-refractivity contribution in [3.63, 3.8) is 0 Å². The number of ether oxygens (including phenoxy) is 1. The fourth-order valence-corrected chi connectivity index (χ4v) is 2.54. The van der Waals surface area contributed by atoms with E-state index < -0.39 is 0 Å². The van der Waals surface area contributed by atoms with Gasteiger partial charge >= 0.3 is 0 Å². The van der Waals surface area contributed by atoms with Gasteiger partial charge in [-0.3, -0.25) is 0 Å². The average molecular weight is 215 g/mol. The van der Waals surface area contributed by atoms with Gasteiger partial charge in [0.15, 0.2) is 0 Å². The van der Waals surface area contributed by atoms with Crippen LogP contribution in [0.25, 0.3) is 0 Å². The van der Waals surface area contributed by atoms with Crippen LogP contribution in [-0.4, -0.2) is 49.0 Å². The molecule has 1 saturated carbocycles. The summed E-state index contributed by atoms with van der Waals surface area (Å²) in [5.74, 6) is 0. The van der Waals surface area contributed by atoms with E-state index in [2.05, 4.69) is 11.8 Å². The Bertz CT molecular complexity index is 164. The summed E-state index contributed by atoms with van der Waals surface area (Å²) in [4.78, 5) is 2.49. The lowest BCUT2D eigenvalue weighted by Gasteiger charge is -2.36. The average Bonchev–Trinajstić information content (AvgIpc) is 2.30. The molecule has 3 nitrogen and oxygen atoms in total. The first-order valence-electron chi connectivity index (χ1n) is 6.19. The number of nitrogens with zero attached hydrogens (tertiary/aromatic N) is 1. The molecule has 0 aliphatic heterocycles. The number of aliphatic hydroxyl groups excluding tert-OH is 1. The molecule has 15 heavy (non-hydrogen) atoms. The van der Waals surface area contributed by atoms with Crippen molar-refractivity contribution < 1.29 is 9.84 Å². The number of aliphatic hydroxyl groups is 1. The van der Waals surface area contributed by atoms with Crippen LogP contribution in [0.2, 0.25) is 0 Å². The van der Waals surface area contributed by atoms with E-state index in [1.807, 2.05) is 7.11 Å². The molecule has 1 fully saturated rings. The first kappa shape index (κ1) is 12.9. The zero-order valence-electron chi connectivity index (χ0n) is 10.1. The Hall–Kier alpha value is -0.120. The zero-order valence-corrected chi connectivity index (χ0v) is 10.1. The molecule has 0 heterocycles. The van der Waals surface area contributed by atoms with Crippen LogP contribution >= 0.6 is 0 Å². The van der Waals surface area contributed by atoms with Crippen molar-refractivity contribution in [1.29, 1.82) is 0 Å². The molecule has 0 aromatic rings. The van der Waals surface area contributed by atoms with Gasteiger partial charge in [0, 0.05) is 26.3 Å². The van der Waals surface area contributed by atoms with Gasteiger partial charge in [0.05, 0.1) is 6.10 Å². The van der Waals surface area contributed by atoms with Gasteiger partial charge in [-0.2, -0.15) is 0 Å². The summed E-state index contributed by atoms with van der Waals surface area (Å²) in [5, 5.41) is 8.86. The summed E-state index contributed by atoms with van der Waals surface area (Å²) in [5.41, 5.74) is 0. The molecular formula is C12H25NO2. The van der Waals surface area contributed by atoms with Crippen molar-refractivity contribution in [3.8, 4) is 0 Å². The largest absolute Gasteiger partial charge is 0.396 e. The maximum Gasteiger partial charge on any atom is 0.0586 e. The van der Waals surface area contributed by atoms with Crippen molar-refractivity contribution in [2.45, 2.75) is 51.2 Å². The summed E-state index contributed by atoms with van der Waals surface area (Å²) >= 11 is 0. The lowest BCUT2D eigenvalue weighted by molar-refractivity contribution is 0.0278. The van der Waals surface area contributed by atoms with Crippen molar-refractivity contribution in [2.24, 2.45) is 0 Å². The number of rotatable bonds is 6. The van der Waals surface area contributed by atoms with Crippen LogP contribution in [0.15, 0.2) is 0 Å². The highest BCUT2D eigenvalue weighted by Gasteiger charge is 2.25. The molecule has 0 saturated heterocycles. The van der Waals surface area contributed by atoms with Gasteiger partial charge in [-0.25, -0.2) is 0 Å². The fraction of sp³-hybridized carbons (Fsp3) is 1.00. The topological polar surface area (TPSA) is 32.7 Å². The molecule has 0 radical (unpaired) electrons. The monoisotopic (exact) mass is 215 g/mol. The Morgan fingerprint density at radius 1 is 1.40 bits per heavy atom. The van der Waals surface area contributed by atoms with Crippen LogP contribution in [0.1, 0.15) is 39.0 Å². The van der Waals surface area contributed by atoms with E-state index in [1.165, 1.54) is 19.3 Å². The van der Waals surface area contributed by atoms with Crippen LogP contribution in [0.3, 0.4) is 0 Å². The third kappa shape index (κ3) is 4.09. The van der Waals surface area contributed by atoms with E-state index in [1.54, 1.807) is 0 Å². The van der Waals surface area contributed by atoms with Crippen LogP contribution in [-0.2, 0) is 4.74 Å². The van der Waals surface area contributed by atoms with Gasteiger partial charge in [0.1, 0.15) is 0 Å². The highest BCUT2D eigenvalue weighted by Crippen LogP contribution is 2.24. The van der Waals surface area contributed by atoms with E-state index in [0.29, 0.717) is 18.8 Å². The minimum absolute atomic E-state index is 0.303. The Kier molecular flexibility index (Phi) is 6.22.